The lowest BCUT2D eigenvalue weighted by atomic mass is 10.1. The van der Waals surface area contributed by atoms with Crippen LogP contribution >= 0.6 is 0 Å². The molecular formula is C13H17N3O2S. The third-order valence-electron chi connectivity index (χ3n) is 2.53. The Labute approximate surface area is 114 Å². The van der Waals surface area contributed by atoms with Crippen LogP contribution in [0.2, 0.25) is 0 Å². The molecule has 0 saturated heterocycles. The highest BCUT2D eigenvalue weighted by Gasteiger charge is 2.00. The minimum absolute atomic E-state index is 0.881. The molecule has 1 aromatic carbocycles. The zero-order chi connectivity index (χ0) is 14.3. The van der Waals surface area contributed by atoms with Crippen molar-refractivity contribution in [3.8, 4) is 0 Å². The number of nitrogens with zero attached hydrogens (tertiary/aromatic N) is 1. The molecule has 0 aliphatic rings. The number of anilines is 2. The molecule has 2 rings (SSSR count). The van der Waals surface area contributed by atoms with Crippen LogP contribution in [0.15, 0.2) is 42.6 Å². The summed E-state index contributed by atoms with van der Waals surface area (Å²) in [7, 11) is -2.62. The van der Waals surface area contributed by atoms with Gasteiger partial charge in [0, 0.05) is 11.9 Å². The summed E-state index contributed by atoms with van der Waals surface area (Å²) in [5.41, 5.74) is 3.67. The van der Waals surface area contributed by atoms with Gasteiger partial charge < -0.3 is 5.32 Å². The lowest BCUT2D eigenvalue weighted by molar-refractivity contribution is 0.616. The van der Waals surface area contributed by atoms with Crippen molar-refractivity contribution in [3.05, 3.63) is 53.7 Å². The molecule has 19 heavy (non-hydrogen) atoms. The standard InChI is InChI=1S/C13H14N2.H3NO2S/c1-10-6-5-7-12(11(10)2)15-13-8-3-4-9-14-13;1-4(2)3/h3-9H,1-2H3,(H,14,15);4H,(H2,1,2,3). The Morgan fingerprint density at radius 1 is 1.11 bits per heavy atom. The smallest absolute Gasteiger partial charge is 0.198 e. The number of pyridine rings is 1. The van der Waals surface area contributed by atoms with Crippen molar-refractivity contribution >= 4 is 22.4 Å². The van der Waals surface area contributed by atoms with Gasteiger partial charge in [-0.1, -0.05) is 18.2 Å². The molecule has 0 fully saturated rings. The van der Waals surface area contributed by atoms with Crippen molar-refractivity contribution in [2.45, 2.75) is 13.8 Å². The molecule has 5 nitrogen and oxygen atoms in total. The van der Waals surface area contributed by atoms with Gasteiger partial charge in [0.2, 0.25) is 0 Å². The van der Waals surface area contributed by atoms with Crippen LogP contribution in [0.1, 0.15) is 11.1 Å². The lowest BCUT2D eigenvalue weighted by Crippen LogP contribution is -1.96. The highest BCUT2D eigenvalue weighted by molar-refractivity contribution is 7.69. The molecule has 1 aromatic heterocycles. The van der Waals surface area contributed by atoms with Gasteiger partial charge in [0.25, 0.3) is 0 Å². The van der Waals surface area contributed by atoms with Gasteiger partial charge in [-0.15, -0.1) is 0 Å². The second kappa shape index (κ2) is 7.50. The Kier molecular flexibility index (Phi) is 5.98. The zero-order valence-corrected chi connectivity index (χ0v) is 11.7. The number of nitrogens with two attached hydrogens (primary N) is 1. The fourth-order valence-corrected chi connectivity index (χ4v) is 1.46. The molecule has 0 spiro atoms. The topological polar surface area (TPSA) is 85.1 Å². The normalized spacial score (nSPS) is 9.68. The molecule has 0 radical (unpaired) electrons. The summed E-state index contributed by atoms with van der Waals surface area (Å²) in [6.07, 6.45) is 1.79. The van der Waals surface area contributed by atoms with E-state index in [1.54, 1.807) is 6.20 Å². The van der Waals surface area contributed by atoms with Crippen molar-refractivity contribution in [2.24, 2.45) is 5.14 Å². The van der Waals surface area contributed by atoms with E-state index in [0.717, 1.165) is 11.5 Å². The van der Waals surface area contributed by atoms with Gasteiger partial charge in [-0.3, -0.25) is 0 Å². The zero-order valence-electron chi connectivity index (χ0n) is 10.8. The summed E-state index contributed by atoms with van der Waals surface area (Å²) in [6, 6.07) is 12.1. The molecule has 0 bridgehead atoms. The minimum atomic E-state index is -2.62. The van der Waals surface area contributed by atoms with Crippen molar-refractivity contribution in [2.75, 3.05) is 5.32 Å². The predicted octanol–water partition coefficient (Wildman–Crippen LogP) is 1.91. The number of benzene rings is 1. The average Bonchev–Trinajstić information content (AvgIpc) is 2.36. The summed E-state index contributed by atoms with van der Waals surface area (Å²) < 4.78 is 17.6. The third kappa shape index (κ3) is 5.50. The molecule has 0 amide bonds. The van der Waals surface area contributed by atoms with Crippen LogP contribution < -0.4 is 10.5 Å². The number of aromatic nitrogens is 1. The van der Waals surface area contributed by atoms with E-state index in [9.17, 15) is 0 Å². The van der Waals surface area contributed by atoms with Crippen molar-refractivity contribution in [3.63, 3.8) is 0 Å². The fourth-order valence-electron chi connectivity index (χ4n) is 1.46. The van der Waals surface area contributed by atoms with Gasteiger partial charge in [0.1, 0.15) is 5.82 Å². The second-order valence-electron chi connectivity index (χ2n) is 3.87. The maximum atomic E-state index is 8.81. The highest BCUT2D eigenvalue weighted by atomic mass is 32.2. The van der Waals surface area contributed by atoms with E-state index in [1.807, 2.05) is 24.3 Å². The number of hydrogen-bond donors (Lipinski definition) is 3. The largest absolute Gasteiger partial charge is 0.340 e. The Morgan fingerprint density at radius 3 is 2.37 bits per heavy atom. The van der Waals surface area contributed by atoms with Crippen LogP contribution in [-0.4, -0.2) is 13.4 Å². The maximum Gasteiger partial charge on any atom is 0.198 e. The number of aryl methyl sites for hydroxylation is 1. The van der Waals surface area contributed by atoms with Gasteiger partial charge in [-0.05, 0) is 43.2 Å². The van der Waals surface area contributed by atoms with E-state index in [-0.39, 0.29) is 0 Å². The van der Waals surface area contributed by atoms with Crippen molar-refractivity contribution < 1.29 is 8.42 Å². The highest BCUT2D eigenvalue weighted by Crippen LogP contribution is 2.21. The first-order valence-corrected chi connectivity index (χ1v) is 6.88. The van der Waals surface area contributed by atoms with Gasteiger partial charge >= 0.3 is 0 Å². The average molecular weight is 279 g/mol. The molecule has 6 heteroatoms. The molecular weight excluding hydrogens is 262 g/mol. The van der Waals surface area contributed by atoms with Gasteiger partial charge in [0.15, 0.2) is 10.9 Å². The SMILES string of the molecule is Cc1cccc(Nc2ccccn2)c1C.N[SH](=O)=O. The van der Waals surface area contributed by atoms with E-state index in [2.05, 4.69) is 41.4 Å². The van der Waals surface area contributed by atoms with E-state index in [1.165, 1.54) is 11.1 Å². The van der Waals surface area contributed by atoms with Gasteiger partial charge in [-0.25, -0.2) is 18.5 Å². The van der Waals surface area contributed by atoms with Gasteiger partial charge in [-0.2, -0.15) is 0 Å². The third-order valence-corrected chi connectivity index (χ3v) is 2.53. The van der Waals surface area contributed by atoms with Crippen molar-refractivity contribution in [1.29, 1.82) is 0 Å². The van der Waals surface area contributed by atoms with Crippen LogP contribution in [-0.2, 0) is 10.9 Å². The van der Waals surface area contributed by atoms with Crippen LogP contribution in [0, 0.1) is 13.8 Å². The Morgan fingerprint density at radius 2 is 1.79 bits per heavy atom. The monoisotopic (exact) mass is 279 g/mol. The van der Waals surface area contributed by atoms with Crippen LogP contribution in [0.3, 0.4) is 0 Å². The van der Waals surface area contributed by atoms with E-state index in [4.69, 9.17) is 8.42 Å². The van der Waals surface area contributed by atoms with Crippen LogP contribution in [0.25, 0.3) is 0 Å². The maximum absolute atomic E-state index is 8.81. The van der Waals surface area contributed by atoms with Crippen molar-refractivity contribution in [1.82, 2.24) is 4.98 Å². The summed E-state index contributed by atoms with van der Waals surface area (Å²) in [5.74, 6) is 0.881. The fraction of sp³-hybridized carbons (Fsp3) is 0.154. The number of nitrogens with one attached hydrogen (secondary N) is 1. The molecule has 3 N–H and O–H groups in total. The Hall–Kier alpha value is -1.92. The summed E-state index contributed by atoms with van der Waals surface area (Å²) in [4.78, 5) is 4.23. The quantitative estimate of drug-likeness (QED) is 0.733. The first kappa shape index (κ1) is 15.1. The van der Waals surface area contributed by atoms with E-state index < -0.39 is 10.9 Å². The first-order valence-electron chi connectivity index (χ1n) is 5.64. The van der Waals surface area contributed by atoms with E-state index in [0.29, 0.717) is 0 Å². The first-order chi connectivity index (χ1) is 9.00. The lowest BCUT2D eigenvalue weighted by Gasteiger charge is -2.10. The molecule has 0 saturated carbocycles. The number of rotatable bonds is 2. The number of hydrogen-bond acceptors (Lipinski definition) is 4. The molecule has 0 unspecified atom stereocenters. The molecule has 2 aromatic rings. The summed E-state index contributed by atoms with van der Waals surface area (Å²) in [5, 5.41) is 7.37. The Bertz CT molecular complexity index is 590. The minimum Gasteiger partial charge on any atom is -0.340 e. The number of thiol groups is 1. The molecule has 102 valence electrons. The summed E-state index contributed by atoms with van der Waals surface area (Å²) >= 11 is 0. The molecule has 0 atom stereocenters. The van der Waals surface area contributed by atoms with E-state index >= 15 is 0 Å². The molecule has 0 aliphatic carbocycles. The molecule has 1 heterocycles. The van der Waals surface area contributed by atoms with Crippen LogP contribution in [0.5, 0.6) is 0 Å². The summed E-state index contributed by atoms with van der Waals surface area (Å²) in [6.45, 7) is 4.22. The van der Waals surface area contributed by atoms with Gasteiger partial charge in [0.05, 0.1) is 0 Å². The predicted molar refractivity (Wildman–Crippen MR) is 77.9 cm³/mol. The van der Waals surface area contributed by atoms with Crippen LogP contribution in [0.4, 0.5) is 11.5 Å². The Balaban J connectivity index is 0.000000399. The molecule has 0 aliphatic heterocycles. The second-order valence-corrected chi connectivity index (χ2v) is 4.44.